The van der Waals surface area contributed by atoms with Gasteiger partial charge in [-0.3, -0.25) is 19.2 Å². The Hall–Kier alpha value is -2.60. The van der Waals surface area contributed by atoms with Crippen LogP contribution in [-0.2, 0) is 46.0 Å². The number of allylic oxidation sites excluding steroid dienone is 6. The molecule has 15 atom stereocenters. The molecule has 1 amide bonds. The van der Waals surface area contributed by atoms with E-state index in [0.717, 1.165) is 31.3 Å². The minimum absolute atomic E-state index is 0.0377. The molecule has 2 N–H and O–H groups in total. The monoisotopic (exact) mass is 1040 g/mol. The van der Waals surface area contributed by atoms with Crippen molar-refractivity contribution < 1.29 is 56.2 Å². The number of ketones is 3. The normalized spacial score (nSPS) is 40.0. The molecule has 1 saturated heterocycles. The predicted octanol–water partition coefficient (Wildman–Crippen LogP) is 8.22. The van der Waals surface area contributed by atoms with Crippen LogP contribution in [0.2, 0.25) is 0 Å². The van der Waals surface area contributed by atoms with Gasteiger partial charge < -0.3 is 37.1 Å². The van der Waals surface area contributed by atoms with Gasteiger partial charge in [-0.2, -0.15) is 0 Å². The van der Waals surface area contributed by atoms with Crippen LogP contribution < -0.4 is 0 Å². The van der Waals surface area contributed by atoms with E-state index in [1.807, 2.05) is 81.1 Å². The second kappa shape index (κ2) is 26.4. The third-order valence-electron chi connectivity index (χ3n) is 15.2. The number of nitrogens with zero attached hydrogens (tertiary/aromatic N) is 1. The van der Waals surface area contributed by atoms with E-state index < -0.39 is 65.4 Å². The van der Waals surface area contributed by atoms with Crippen LogP contribution in [0.5, 0.6) is 0 Å². The van der Waals surface area contributed by atoms with Gasteiger partial charge in [0.15, 0.2) is 5.78 Å². The molecule has 2 aliphatic carbocycles. The van der Waals surface area contributed by atoms with Gasteiger partial charge >= 0.3 is 5.97 Å². The van der Waals surface area contributed by atoms with Crippen molar-refractivity contribution in [1.82, 2.24) is 4.90 Å². The standard InChI is InChI=1S/C52H80INO12/c1-31-16-12-11-13-17-32(2)43(62-8)28-39-20-19-37(7)52(61,30-39)49(58)50(59)54-23-15-14-18-40(54)51(60)65-44(34(4)26-38-21-22-42(66-53)45(27-38)63-9)29-41(55)33(3)25-36(6)47(57)48(64-10)46(56)35(5)24-31/h11-13,16-17,25,31,33-35,37-40,42-45,47-48,57,61H,14-15,18-24,26-30H2,1-10H3/b13-11+,16-12+,32-17+,36-25+/t31-,33-,34-,35-,37-,38+,39?,40?,42-,43+,44+,45-,47-,48+,52+/m1/s1. The number of methoxy groups -OCH3 is 3. The predicted molar refractivity (Wildman–Crippen MR) is 261 cm³/mol. The summed E-state index contributed by atoms with van der Waals surface area (Å²) in [5, 5.41) is 23.6. The molecule has 0 aromatic carbocycles. The van der Waals surface area contributed by atoms with Crippen LogP contribution in [-0.4, -0.2) is 120 Å². The Morgan fingerprint density at radius 3 is 2.26 bits per heavy atom. The Bertz CT molecular complexity index is 1780. The molecule has 14 heteroatoms. The minimum atomic E-state index is -1.92. The molecule has 372 valence electrons. The quantitative estimate of drug-likeness (QED) is 0.108. The van der Waals surface area contributed by atoms with Crippen LogP contribution in [0.3, 0.4) is 0 Å². The summed E-state index contributed by atoms with van der Waals surface area (Å²) in [5.74, 6) is -4.70. The van der Waals surface area contributed by atoms with Crippen LogP contribution in [0.1, 0.15) is 132 Å². The lowest BCUT2D eigenvalue weighted by Crippen LogP contribution is -2.59. The molecule has 13 nitrogen and oxygen atoms in total. The van der Waals surface area contributed by atoms with Gasteiger partial charge in [-0.15, -0.1) is 0 Å². The van der Waals surface area contributed by atoms with Crippen molar-refractivity contribution in [3.8, 4) is 0 Å². The first-order valence-corrected chi connectivity index (χ1v) is 25.3. The van der Waals surface area contributed by atoms with Crippen molar-refractivity contribution in [2.24, 2.45) is 41.4 Å². The Balaban J connectivity index is 1.70. The lowest BCUT2D eigenvalue weighted by Gasteiger charge is -2.43. The summed E-state index contributed by atoms with van der Waals surface area (Å²) in [4.78, 5) is 72.3. The Morgan fingerprint density at radius 2 is 1.59 bits per heavy atom. The summed E-state index contributed by atoms with van der Waals surface area (Å²) in [5.41, 5.74) is -0.546. The summed E-state index contributed by atoms with van der Waals surface area (Å²) >= 11 is 1.92. The molecule has 2 saturated carbocycles. The number of carbonyl (C=O) groups excluding carboxylic acids is 5. The van der Waals surface area contributed by atoms with Crippen molar-refractivity contribution in [3.63, 3.8) is 0 Å². The second-order valence-corrected chi connectivity index (χ2v) is 20.7. The first-order valence-electron chi connectivity index (χ1n) is 24.4. The van der Waals surface area contributed by atoms with Gasteiger partial charge in [-0.1, -0.05) is 71.1 Å². The van der Waals surface area contributed by atoms with E-state index >= 15 is 0 Å². The first kappa shape index (κ1) is 56.0. The SMILES string of the molecule is CO[C@H]1CC2CC[C@@H](C)[C@@](O)(C2)C(=O)C(=O)N2CCCCC2C(=O)O[C@H]([C@H](C)C[C@@H]2CC[C@@H](OI)[C@H](OC)C2)CC(=O)[C@H](C)/C=C(\C)[C@@H](O)[C@@H](OC)C(=O)[C@H](C)C[C@H](C)/C=C/C=C/C=C/1C. The number of amides is 1. The molecule has 66 heavy (non-hydrogen) atoms. The molecule has 0 aromatic rings. The highest BCUT2D eigenvalue weighted by Crippen LogP contribution is 2.42. The molecule has 0 spiro atoms. The number of hydrogen-bond acceptors (Lipinski definition) is 12. The summed E-state index contributed by atoms with van der Waals surface area (Å²) in [7, 11) is 4.70. The fraction of sp³-hybridized carbons (Fsp3) is 0.750. The van der Waals surface area contributed by atoms with E-state index in [-0.39, 0.29) is 79.4 Å². The number of aliphatic hydroxyl groups excluding tert-OH is 1. The van der Waals surface area contributed by atoms with Gasteiger partial charge in [0.2, 0.25) is 0 Å². The molecule has 2 aliphatic heterocycles. The summed E-state index contributed by atoms with van der Waals surface area (Å²) in [6.07, 6.45) is 14.5. The number of cyclic esters (lactones) is 1. The maximum Gasteiger partial charge on any atom is 0.329 e. The summed E-state index contributed by atoms with van der Waals surface area (Å²) in [6, 6.07) is -1.07. The highest BCUT2D eigenvalue weighted by atomic mass is 127. The zero-order valence-corrected chi connectivity index (χ0v) is 43.4. The van der Waals surface area contributed by atoms with Crippen LogP contribution in [0.25, 0.3) is 0 Å². The summed E-state index contributed by atoms with van der Waals surface area (Å²) < 4.78 is 29.3. The minimum Gasteiger partial charge on any atom is -0.460 e. The van der Waals surface area contributed by atoms with Gasteiger partial charge in [-0.05, 0) is 132 Å². The maximum atomic E-state index is 14.4. The second-order valence-electron chi connectivity index (χ2n) is 20.2. The van der Waals surface area contributed by atoms with Crippen molar-refractivity contribution >= 4 is 52.2 Å². The van der Waals surface area contributed by atoms with E-state index in [2.05, 4.69) is 0 Å². The van der Waals surface area contributed by atoms with Crippen molar-refractivity contribution in [2.75, 3.05) is 27.9 Å². The maximum absolute atomic E-state index is 14.4. The topological polar surface area (TPSA) is 175 Å². The third-order valence-corrected chi connectivity index (χ3v) is 15.8. The molecule has 4 aliphatic rings. The number of ether oxygens (including phenoxy) is 4. The lowest BCUT2D eigenvalue weighted by atomic mass is 9.67. The average molecular weight is 1040 g/mol. The number of carbonyl (C=O) groups is 5. The average Bonchev–Trinajstić information content (AvgIpc) is 3.30. The molecular weight excluding hydrogens is 957 g/mol. The van der Waals surface area contributed by atoms with Crippen LogP contribution in [0.4, 0.5) is 0 Å². The van der Waals surface area contributed by atoms with Gasteiger partial charge in [0.05, 0.1) is 18.3 Å². The number of aliphatic hydroxyl groups is 2. The smallest absolute Gasteiger partial charge is 0.329 e. The largest absolute Gasteiger partial charge is 0.460 e. The molecular formula is C52H80INO12. The molecule has 2 bridgehead atoms. The number of hydrogen-bond donors (Lipinski definition) is 2. The Kier molecular flexibility index (Phi) is 22.4. The highest BCUT2D eigenvalue weighted by Gasteiger charge is 2.51. The Labute approximate surface area is 408 Å². The molecule has 0 aromatic heterocycles. The zero-order valence-electron chi connectivity index (χ0n) is 41.2. The van der Waals surface area contributed by atoms with E-state index in [4.69, 9.17) is 22.0 Å². The van der Waals surface area contributed by atoms with E-state index in [1.54, 1.807) is 41.1 Å². The lowest BCUT2D eigenvalue weighted by molar-refractivity contribution is -0.171. The van der Waals surface area contributed by atoms with Crippen molar-refractivity contribution in [2.45, 2.75) is 180 Å². The number of halogens is 1. The molecule has 0 radical (unpaired) electrons. The number of fused-ring (bicyclic) bond motifs is 3. The molecule has 3 fully saturated rings. The van der Waals surface area contributed by atoms with E-state index in [9.17, 15) is 34.2 Å². The number of piperidine rings is 1. The molecule has 4 rings (SSSR count). The number of Topliss-reactive ketones (excluding diaryl/α,β-unsaturated/α-hetero) is 3. The molecule has 2 unspecified atom stereocenters. The van der Waals surface area contributed by atoms with Gasteiger partial charge in [-0.25, -0.2) is 4.79 Å². The van der Waals surface area contributed by atoms with Crippen LogP contribution >= 0.6 is 23.0 Å². The summed E-state index contributed by atoms with van der Waals surface area (Å²) in [6.45, 7) is 13.1. The highest BCUT2D eigenvalue weighted by molar-refractivity contribution is 14.1. The van der Waals surface area contributed by atoms with Crippen molar-refractivity contribution in [1.29, 1.82) is 0 Å². The van der Waals surface area contributed by atoms with E-state index in [0.29, 0.717) is 44.1 Å². The van der Waals surface area contributed by atoms with Crippen LogP contribution in [0.15, 0.2) is 47.6 Å². The molecule has 2 heterocycles. The van der Waals surface area contributed by atoms with Gasteiger partial charge in [0.25, 0.3) is 11.7 Å². The number of rotatable bonds is 7. The van der Waals surface area contributed by atoms with Gasteiger partial charge in [0.1, 0.15) is 58.7 Å². The van der Waals surface area contributed by atoms with E-state index in [1.165, 1.54) is 12.0 Å². The fourth-order valence-electron chi connectivity index (χ4n) is 10.8. The fourth-order valence-corrected chi connectivity index (χ4v) is 11.4. The number of esters is 1. The first-order chi connectivity index (χ1) is 31.3. The van der Waals surface area contributed by atoms with Crippen molar-refractivity contribution in [3.05, 3.63) is 47.6 Å². The zero-order chi connectivity index (χ0) is 48.9. The third kappa shape index (κ3) is 14.7. The van der Waals surface area contributed by atoms with Crippen LogP contribution in [0, 0.1) is 41.4 Å². The Morgan fingerprint density at radius 1 is 0.864 bits per heavy atom. The van der Waals surface area contributed by atoms with Gasteiger partial charge in [0, 0.05) is 46.1 Å².